The highest BCUT2D eigenvalue weighted by Crippen LogP contribution is 2.23. The molecule has 106 valence electrons. The van der Waals surface area contributed by atoms with E-state index in [1.54, 1.807) is 0 Å². The lowest BCUT2D eigenvalue weighted by molar-refractivity contribution is 0.521. The van der Waals surface area contributed by atoms with Gasteiger partial charge in [0.15, 0.2) is 4.90 Å². The Morgan fingerprint density at radius 3 is 2.10 bits per heavy atom. The summed E-state index contributed by atoms with van der Waals surface area (Å²) in [6.45, 7) is 0. The minimum absolute atomic E-state index is 0.105. The fourth-order valence-corrected chi connectivity index (χ4v) is 2.74. The molecule has 0 unspecified atom stereocenters. The van der Waals surface area contributed by atoms with E-state index in [1.165, 1.54) is 0 Å². The number of anilines is 2. The Balaban J connectivity index is 2.43. The zero-order valence-electron chi connectivity index (χ0n) is 9.90. The monoisotopic (exact) mass is 302 g/mol. The van der Waals surface area contributed by atoms with E-state index in [-0.39, 0.29) is 11.4 Å². The van der Waals surface area contributed by atoms with Crippen LogP contribution in [-0.4, -0.2) is 8.42 Å². The molecule has 0 saturated carbocycles. The standard InChI is InChI=1S/C12H9F3N2O2S/c13-8-5-4-7(6-11(8)16)17-20(18,19)12-9(14)2-1-3-10(12)15/h1-6,17H,16H2. The molecule has 0 atom stereocenters. The quantitative estimate of drug-likeness (QED) is 0.856. The lowest BCUT2D eigenvalue weighted by atomic mass is 10.3. The molecule has 2 rings (SSSR count). The normalized spacial score (nSPS) is 11.3. The molecule has 0 aromatic heterocycles. The van der Waals surface area contributed by atoms with Crippen LogP contribution in [0.15, 0.2) is 41.3 Å². The van der Waals surface area contributed by atoms with Gasteiger partial charge in [0.2, 0.25) is 0 Å². The minimum Gasteiger partial charge on any atom is -0.396 e. The number of nitrogens with two attached hydrogens (primary N) is 1. The number of sulfonamides is 1. The SMILES string of the molecule is Nc1cc(NS(=O)(=O)c2c(F)cccc2F)ccc1F. The van der Waals surface area contributed by atoms with Crippen molar-refractivity contribution in [3.05, 3.63) is 53.8 Å². The summed E-state index contributed by atoms with van der Waals surface area (Å²) in [5.74, 6) is -3.19. The molecule has 0 saturated heterocycles. The van der Waals surface area contributed by atoms with E-state index < -0.39 is 32.4 Å². The number of nitrogens with one attached hydrogen (secondary N) is 1. The molecule has 3 N–H and O–H groups in total. The van der Waals surface area contributed by atoms with Crippen molar-refractivity contribution in [2.45, 2.75) is 4.90 Å². The minimum atomic E-state index is -4.48. The molecule has 0 radical (unpaired) electrons. The third-order valence-electron chi connectivity index (χ3n) is 2.44. The van der Waals surface area contributed by atoms with Crippen molar-refractivity contribution in [1.29, 1.82) is 0 Å². The van der Waals surface area contributed by atoms with Crippen LogP contribution < -0.4 is 10.5 Å². The van der Waals surface area contributed by atoms with E-state index in [2.05, 4.69) is 0 Å². The summed E-state index contributed by atoms with van der Waals surface area (Å²) in [5.41, 5.74) is 4.88. The maximum absolute atomic E-state index is 13.4. The summed E-state index contributed by atoms with van der Waals surface area (Å²) < 4.78 is 65.6. The molecule has 0 aliphatic rings. The van der Waals surface area contributed by atoms with Crippen LogP contribution in [0.1, 0.15) is 0 Å². The Morgan fingerprint density at radius 1 is 0.950 bits per heavy atom. The van der Waals surface area contributed by atoms with Gasteiger partial charge < -0.3 is 5.73 Å². The first-order chi connectivity index (χ1) is 9.31. The molecule has 2 aromatic carbocycles. The maximum atomic E-state index is 13.4. The van der Waals surface area contributed by atoms with Gasteiger partial charge in [0, 0.05) is 0 Å². The largest absolute Gasteiger partial charge is 0.396 e. The van der Waals surface area contributed by atoms with Gasteiger partial charge in [0.05, 0.1) is 11.4 Å². The highest BCUT2D eigenvalue weighted by atomic mass is 32.2. The zero-order valence-corrected chi connectivity index (χ0v) is 10.7. The molecule has 0 fully saturated rings. The van der Waals surface area contributed by atoms with Crippen LogP contribution in [-0.2, 0) is 10.0 Å². The van der Waals surface area contributed by atoms with Gasteiger partial charge in [-0.3, -0.25) is 4.72 Å². The molecule has 0 heterocycles. The van der Waals surface area contributed by atoms with Gasteiger partial charge >= 0.3 is 0 Å². The molecule has 8 heteroatoms. The van der Waals surface area contributed by atoms with Crippen molar-refractivity contribution in [2.75, 3.05) is 10.5 Å². The van der Waals surface area contributed by atoms with E-state index in [9.17, 15) is 21.6 Å². The van der Waals surface area contributed by atoms with Crippen molar-refractivity contribution in [1.82, 2.24) is 0 Å². The fourth-order valence-electron chi connectivity index (χ4n) is 1.55. The van der Waals surface area contributed by atoms with Crippen molar-refractivity contribution in [3.8, 4) is 0 Å². The smallest absolute Gasteiger partial charge is 0.267 e. The van der Waals surface area contributed by atoms with Crippen LogP contribution in [0.5, 0.6) is 0 Å². The molecule has 20 heavy (non-hydrogen) atoms. The van der Waals surface area contributed by atoms with Crippen molar-refractivity contribution in [3.63, 3.8) is 0 Å². The van der Waals surface area contributed by atoms with E-state index in [0.717, 1.165) is 36.4 Å². The Hall–Kier alpha value is -2.22. The first-order valence-electron chi connectivity index (χ1n) is 5.33. The summed E-state index contributed by atoms with van der Waals surface area (Å²) in [5, 5.41) is 0. The average Bonchev–Trinajstić information content (AvgIpc) is 2.33. The zero-order chi connectivity index (χ0) is 14.9. The number of hydrogen-bond donors (Lipinski definition) is 2. The van der Waals surface area contributed by atoms with Gasteiger partial charge in [-0.2, -0.15) is 0 Å². The maximum Gasteiger partial charge on any atom is 0.267 e. The lowest BCUT2D eigenvalue weighted by Crippen LogP contribution is -2.16. The van der Waals surface area contributed by atoms with Gasteiger partial charge in [-0.25, -0.2) is 21.6 Å². The third kappa shape index (κ3) is 2.69. The summed E-state index contributed by atoms with van der Waals surface area (Å²) in [6, 6.07) is 5.70. The molecule has 0 amide bonds. The molecular weight excluding hydrogens is 293 g/mol. The van der Waals surface area contributed by atoms with Crippen LogP contribution >= 0.6 is 0 Å². The van der Waals surface area contributed by atoms with E-state index in [4.69, 9.17) is 5.73 Å². The molecule has 0 aliphatic carbocycles. The van der Waals surface area contributed by atoms with Gasteiger partial charge in [0.1, 0.15) is 17.5 Å². The number of rotatable bonds is 3. The topological polar surface area (TPSA) is 72.2 Å². The second-order valence-corrected chi connectivity index (χ2v) is 5.51. The Labute approximate surface area is 113 Å². The first-order valence-corrected chi connectivity index (χ1v) is 6.81. The van der Waals surface area contributed by atoms with Gasteiger partial charge in [-0.15, -0.1) is 0 Å². The van der Waals surface area contributed by atoms with Crippen LogP contribution in [0.4, 0.5) is 24.5 Å². The number of benzene rings is 2. The highest BCUT2D eigenvalue weighted by molar-refractivity contribution is 7.92. The van der Waals surface area contributed by atoms with Gasteiger partial charge in [-0.05, 0) is 30.3 Å². The van der Waals surface area contributed by atoms with Crippen molar-refractivity contribution >= 4 is 21.4 Å². The first kappa shape index (κ1) is 14.2. The number of hydrogen-bond acceptors (Lipinski definition) is 3. The van der Waals surface area contributed by atoms with Gasteiger partial charge in [0.25, 0.3) is 10.0 Å². The second kappa shape index (κ2) is 5.04. The summed E-state index contributed by atoms with van der Waals surface area (Å²) in [7, 11) is -4.48. The van der Waals surface area contributed by atoms with E-state index in [0.29, 0.717) is 0 Å². The fraction of sp³-hybridized carbons (Fsp3) is 0. The van der Waals surface area contributed by atoms with Crippen molar-refractivity contribution in [2.24, 2.45) is 0 Å². The predicted octanol–water partition coefficient (Wildman–Crippen LogP) is 2.49. The molecular formula is C12H9F3N2O2S. The molecule has 0 spiro atoms. The summed E-state index contributed by atoms with van der Waals surface area (Å²) >= 11 is 0. The average molecular weight is 302 g/mol. The number of nitrogen functional groups attached to an aromatic ring is 1. The van der Waals surface area contributed by atoms with Crippen LogP contribution in [0.2, 0.25) is 0 Å². The highest BCUT2D eigenvalue weighted by Gasteiger charge is 2.24. The van der Waals surface area contributed by atoms with Crippen LogP contribution in [0.3, 0.4) is 0 Å². The lowest BCUT2D eigenvalue weighted by Gasteiger charge is -2.10. The summed E-state index contributed by atoms with van der Waals surface area (Å²) in [4.78, 5) is -1.11. The number of halogens is 3. The second-order valence-electron chi connectivity index (χ2n) is 3.89. The van der Waals surface area contributed by atoms with Gasteiger partial charge in [-0.1, -0.05) is 6.07 Å². The van der Waals surface area contributed by atoms with Crippen LogP contribution in [0.25, 0.3) is 0 Å². The Morgan fingerprint density at radius 2 is 1.55 bits per heavy atom. The van der Waals surface area contributed by atoms with Crippen LogP contribution in [0, 0.1) is 17.5 Å². The van der Waals surface area contributed by atoms with E-state index >= 15 is 0 Å². The Bertz CT molecular complexity index is 743. The third-order valence-corrected chi connectivity index (χ3v) is 3.87. The van der Waals surface area contributed by atoms with E-state index in [1.807, 2.05) is 4.72 Å². The molecule has 4 nitrogen and oxygen atoms in total. The molecule has 2 aromatic rings. The van der Waals surface area contributed by atoms with Crippen molar-refractivity contribution < 1.29 is 21.6 Å². The molecule has 0 bridgehead atoms. The Kier molecular flexibility index (Phi) is 3.58. The predicted molar refractivity (Wildman–Crippen MR) is 68.0 cm³/mol. The summed E-state index contributed by atoms with van der Waals surface area (Å²) in [6.07, 6.45) is 0. The molecule has 0 aliphatic heterocycles.